The van der Waals surface area contributed by atoms with Gasteiger partial charge in [0.15, 0.2) is 0 Å². The van der Waals surface area contributed by atoms with Gasteiger partial charge in [-0.3, -0.25) is 14.6 Å². The molecule has 2 fully saturated rings. The van der Waals surface area contributed by atoms with E-state index in [0.29, 0.717) is 19.6 Å². The Morgan fingerprint density at radius 1 is 1.06 bits per heavy atom. The second-order valence-electron chi connectivity index (χ2n) is 8.74. The smallest absolute Gasteiger partial charge is 0.356 e. The Bertz CT molecular complexity index is 953. The lowest BCUT2D eigenvalue weighted by Crippen LogP contribution is -2.40. The van der Waals surface area contributed by atoms with Crippen molar-refractivity contribution in [3.8, 4) is 0 Å². The highest BCUT2D eigenvalue weighted by atomic mass is 19.4. The Kier molecular flexibility index (Phi) is 6.22. The molecule has 0 radical (unpaired) electrons. The van der Waals surface area contributed by atoms with E-state index in [0.717, 1.165) is 44.2 Å². The van der Waals surface area contributed by atoms with Gasteiger partial charge in [0.1, 0.15) is 0 Å². The average molecular weight is 445 g/mol. The van der Waals surface area contributed by atoms with E-state index in [1.165, 1.54) is 17.7 Å². The molecule has 0 bridgehead atoms. The van der Waals surface area contributed by atoms with Gasteiger partial charge in [0, 0.05) is 43.5 Å². The van der Waals surface area contributed by atoms with Crippen LogP contribution in [0.25, 0.3) is 0 Å². The zero-order chi connectivity index (χ0) is 22.8. The zero-order valence-corrected chi connectivity index (χ0v) is 17.7. The first-order chi connectivity index (χ1) is 15.3. The average Bonchev–Trinajstić information content (AvgIpc) is 3.50. The molecule has 32 heavy (non-hydrogen) atoms. The number of hydrogen-bond donors (Lipinski definition) is 1. The third-order valence-corrected chi connectivity index (χ3v) is 6.70. The quantitative estimate of drug-likeness (QED) is 0.682. The lowest BCUT2D eigenvalue weighted by Gasteiger charge is -2.33. The van der Waals surface area contributed by atoms with E-state index < -0.39 is 11.7 Å². The predicted octanol–water partition coefficient (Wildman–Crippen LogP) is 4.09. The van der Waals surface area contributed by atoms with Crippen LogP contribution in [0.15, 0.2) is 48.8 Å². The van der Waals surface area contributed by atoms with Gasteiger partial charge in [-0.15, -0.1) is 0 Å². The number of amides is 2. The fourth-order valence-electron chi connectivity index (χ4n) is 4.59. The fraction of sp³-hybridized carbons (Fsp3) is 0.458. The van der Waals surface area contributed by atoms with Crippen LogP contribution in [0.4, 0.5) is 13.2 Å². The number of carbonyl (C=O) groups excluding carboxylic acids is 2. The number of aryl methyl sites for hydroxylation is 1. The molecule has 1 aliphatic carbocycles. The molecular weight excluding hydrogens is 419 g/mol. The molecule has 2 amide bonds. The van der Waals surface area contributed by atoms with Crippen molar-refractivity contribution in [2.45, 2.75) is 38.3 Å². The molecule has 1 aromatic heterocycles. The Hall–Kier alpha value is -2.90. The first-order valence-electron chi connectivity index (χ1n) is 10.9. The van der Waals surface area contributed by atoms with E-state index in [9.17, 15) is 22.8 Å². The number of halogens is 3. The normalized spacial score (nSPS) is 19.6. The first kappa shape index (κ1) is 22.3. The third-order valence-electron chi connectivity index (χ3n) is 6.70. The minimum absolute atomic E-state index is 0.00764. The number of hydrogen-bond acceptors (Lipinski definition) is 3. The third kappa shape index (κ3) is 4.95. The van der Waals surface area contributed by atoms with Crippen molar-refractivity contribution in [1.29, 1.82) is 0 Å². The number of nitrogens with one attached hydrogen (secondary N) is 1. The predicted molar refractivity (Wildman–Crippen MR) is 113 cm³/mol. The summed E-state index contributed by atoms with van der Waals surface area (Å²) in [7, 11) is 0. The summed E-state index contributed by atoms with van der Waals surface area (Å²) in [5, 5.41) is 3.04. The van der Waals surface area contributed by atoms with Crippen LogP contribution in [0.1, 0.15) is 47.2 Å². The number of alkyl halides is 3. The summed E-state index contributed by atoms with van der Waals surface area (Å²) in [4.78, 5) is 30.9. The Morgan fingerprint density at radius 3 is 2.34 bits per heavy atom. The Morgan fingerprint density at radius 2 is 1.72 bits per heavy atom. The highest BCUT2D eigenvalue weighted by Crippen LogP contribution is 2.59. The number of likely N-dealkylation sites (tertiary alicyclic amines) is 1. The van der Waals surface area contributed by atoms with E-state index in [2.05, 4.69) is 10.3 Å². The SMILES string of the molecule is O=C(NCCCc1ccncc1)[C@H]1CC12CCN(C(=O)c1ccc(C(F)(F)F)cc1)CC2. The topological polar surface area (TPSA) is 62.3 Å². The monoisotopic (exact) mass is 445 g/mol. The highest BCUT2D eigenvalue weighted by molar-refractivity contribution is 5.94. The number of rotatable bonds is 6. The van der Waals surface area contributed by atoms with Crippen LogP contribution in [0.3, 0.4) is 0 Å². The number of carbonyl (C=O) groups is 2. The number of nitrogens with zero attached hydrogens (tertiary/aromatic N) is 2. The molecule has 1 N–H and O–H groups in total. The van der Waals surface area contributed by atoms with Crippen molar-refractivity contribution in [2.75, 3.05) is 19.6 Å². The van der Waals surface area contributed by atoms with Crippen LogP contribution in [0.2, 0.25) is 0 Å². The summed E-state index contributed by atoms with van der Waals surface area (Å²) in [6.07, 6.45) is 3.19. The molecule has 2 aliphatic rings. The van der Waals surface area contributed by atoms with Crippen LogP contribution in [0.5, 0.6) is 0 Å². The van der Waals surface area contributed by atoms with Gasteiger partial charge >= 0.3 is 6.18 Å². The molecular formula is C24H26F3N3O2. The van der Waals surface area contributed by atoms with Crippen molar-refractivity contribution in [3.63, 3.8) is 0 Å². The summed E-state index contributed by atoms with van der Waals surface area (Å²) in [6, 6.07) is 8.28. The largest absolute Gasteiger partial charge is 0.416 e. The van der Waals surface area contributed by atoms with Gasteiger partial charge in [0.25, 0.3) is 5.91 Å². The summed E-state index contributed by atoms with van der Waals surface area (Å²) in [5.41, 5.74) is 0.654. The number of piperidine rings is 1. The maximum atomic E-state index is 12.7. The Balaban J connectivity index is 1.21. The molecule has 1 saturated heterocycles. The molecule has 1 aromatic carbocycles. The second-order valence-corrected chi connectivity index (χ2v) is 8.74. The molecule has 1 spiro atoms. The maximum absolute atomic E-state index is 12.7. The van der Waals surface area contributed by atoms with E-state index in [1.54, 1.807) is 17.3 Å². The van der Waals surface area contributed by atoms with Crippen LogP contribution >= 0.6 is 0 Å². The molecule has 1 atom stereocenters. The van der Waals surface area contributed by atoms with Crippen molar-refractivity contribution in [2.24, 2.45) is 11.3 Å². The fourth-order valence-corrected chi connectivity index (χ4v) is 4.59. The number of aromatic nitrogens is 1. The van der Waals surface area contributed by atoms with Gasteiger partial charge in [0.05, 0.1) is 5.56 Å². The van der Waals surface area contributed by atoms with Gasteiger partial charge in [0.2, 0.25) is 5.91 Å². The van der Waals surface area contributed by atoms with Crippen LogP contribution in [-0.4, -0.2) is 41.3 Å². The van der Waals surface area contributed by atoms with Gasteiger partial charge in [-0.1, -0.05) is 0 Å². The zero-order valence-electron chi connectivity index (χ0n) is 17.7. The molecule has 170 valence electrons. The second kappa shape index (κ2) is 8.92. The van der Waals surface area contributed by atoms with Crippen LogP contribution in [0, 0.1) is 11.3 Å². The van der Waals surface area contributed by atoms with E-state index in [1.807, 2.05) is 12.1 Å². The van der Waals surface area contributed by atoms with Crippen molar-refractivity contribution in [3.05, 3.63) is 65.5 Å². The molecule has 1 aliphatic heterocycles. The van der Waals surface area contributed by atoms with E-state index in [-0.39, 0.29) is 28.7 Å². The molecule has 5 nitrogen and oxygen atoms in total. The van der Waals surface area contributed by atoms with Crippen molar-refractivity contribution >= 4 is 11.8 Å². The van der Waals surface area contributed by atoms with Gasteiger partial charge < -0.3 is 10.2 Å². The molecule has 2 heterocycles. The number of benzene rings is 1. The highest BCUT2D eigenvalue weighted by Gasteiger charge is 2.58. The van der Waals surface area contributed by atoms with Gasteiger partial charge in [-0.25, -0.2) is 0 Å². The summed E-state index contributed by atoms with van der Waals surface area (Å²) in [6.45, 7) is 1.67. The lowest BCUT2D eigenvalue weighted by atomic mass is 9.90. The minimum atomic E-state index is -4.42. The van der Waals surface area contributed by atoms with Gasteiger partial charge in [-0.2, -0.15) is 13.2 Å². The van der Waals surface area contributed by atoms with Crippen LogP contribution < -0.4 is 5.32 Å². The van der Waals surface area contributed by atoms with Crippen LogP contribution in [-0.2, 0) is 17.4 Å². The molecule has 2 aromatic rings. The Labute approximate surface area is 185 Å². The molecule has 8 heteroatoms. The minimum Gasteiger partial charge on any atom is -0.356 e. The lowest BCUT2D eigenvalue weighted by molar-refractivity contribution is -0.137. The van der Waals surface area contributed by atoms with Crippen molar-refractivity contribution < 1.29 is 22.8 Å². The first-order valence-corrected chi connectivity index (χ1v) is 10.9. The van der Waals surface area contributed by atoms with E-state index in [4.69, 9.17) is 0 Å². The van der Waals surface area contributed by atoms with E-state index >= 15 is 0 Å². The maximum Gasteiger partial charge on any atom is 0.416 e. The number of pyridine rings is 1. The van der Waals surface area contributed by atoms with Gasteiger partial charge in [-0.05, 0) is 79.5 Å². The summed E-state index contributed by atoms with van der Waals surface area (Å²) in [5.74, 6) is -0.180. The molecule has 0 unspecified atom stereocenters. The standard InChI is InChI=1S/C24H26F3N3O2/c25-24(26,27)19-5-3-18(4-6-19)22(32)30-14-9-23(10-15-30)16-20(23)21(31)29-11-1-2-17-7-12-28-13-8-17/h3-8,12-13,20H,1-2,9-11,14-16H2,(H,29,31)/t20-/m1/s1. The summed E-state index contributed by atoms with van der Waals surface area (Å²) >= 11 is 0. The molecule has 1 saturated carbocycles. The van der Waals surface area contributed by atoms with Crippen molar-refractivity contribution in [1.82, 2.24) is 15.2 Å². The summed E-state index contributed by atoms with van der Waals surface area (Å²) < 4.78 is 38.1. The molecule has 4 rings (SSSR count).